The molecule has 2 heteroatoms. The van der Waals surface area contributed by atoms with Gasteiger partial charge in [-0.1, -0.05) is 61.7 Å². The maximum absolute atomic E-state index is 5.80. The van der Waals surface area contributed by atoms with E-state index in [-0.39, 0.29) is 0 Å². The van der Waals surface area contributed by atoms with Crippen LogP contribution in [0.2, 0.25) is 0 Å². The van der Waals surface area contributed by atoms with E-state index in [9.17, 15) is 0 Å². The van der Waals surface area contributed by atoms with Gasteiger partial charge in [0.25, 0.3) is 0 Å². The van der Waals surface area contributed by atoms with Gasteiger partial charge in [-0.15, -0.1) is 0 Å². The third-order valence-corrected chi connectivity index (χ3v) is 3.66. The van der Waals surface area contributed by atoms with Crippen LogP contribution in [0.3, 0.4) is 0 Å². The summed E-state index contributed by atoms with van der Waals surface area (Å²) in [4.78, 5) is 0. The average Bonchev–Trinajstić information content (AvgIpc) is 2.52. The van der Waals surface area contributed by atoms with Crippen molar-refractivity contribution in [3.63, 3.8) is 0 Å². The minimum absolute atomic E-state index is 0.814. The van der Waals surface area contributed by atoms with Gasteiger partial charge in [0.05, 0.1) is 6.61 Å². The van der Waals surface area contributed by atoms with Crippen LogP contribution in [0.4, 0.5) is 0 Å². The van der Waals surface area contributed by atoms with E-state index in [0.29, 0.717) is 0 Å². The van der Waals surface area contributed by atoms with Crippen molar-refractivity contribution in [3.05, 3.63) is 65.2 Å². The van der Waals surface area contributed by atoms with Crippen LogP contribution in [0.15, 0.2) is 48.5 Å². The fourth-order valence-electron chi connectivity index (χ4n) is 2.46. The molecule has 0 bridgehead atoms. The van der Waals surface area contributed by atoms with E-state index in [4.69, 9.17) is 4.74 Å². The first-order valence-corrected chi connectivity index (χ1v) is 8.26. The Hall–Kier alpha value is -1.80. The lowest BCUT2D eigenvalue weighted by Gasteiger charge is -2.09. The van der Waals surface area contributed by atoms with Crippen LogP contribution in [0.1, 0.15) is 42.9 Å². The molecule has 0 aliphatic carbocycles. The minimum atomic E-state index is 0.814. The normalized spacial score (nSPS) is 10.6. The Morgan fingerprint density at radius 1 is 0.909 bits per heavy atom. The molecule has 22 heavy (non-hydrogen) atoms. The smallest absolute Gasteiger partial charge is 0.119 e. The highest BCUT2D eigenvalue weighted by Crippen LogP contribution is 2.14. The third kappa shape index (κ3) is 5.90. The lowest BCUT2D eigenvalue weighted by Crippen LogP contribution is -2.12. The molecule has 0 unspecified atom stereocenters. The number of aryl methyl sites for hydroxylation is 1. The van der Waals surface area contributed by atoms with E-state index < -0.39 is 0 Å². The summed E-state index contributed by atoms with van der Waals surface area (Å²) in [5.74, 6) is 0.978. The molecular formula is C20H27NO. The van der Waals surface area contributed by atoms with Crippen molar-refractivity contribution in [2.75, 3.05) is 6.61 Å². The van der Waals surface area contributed by atoms with Gasteiger partial charge in [-0.05, 0) is 36.6 Å². The van der Waals surface area contributed by atoms with Crippen molar-refractivity contribution >= 4 is 0 Å². The topological polar surface area (TPSA) is 21.3 Å². The summed E-state index contributed by atoms with van der Waals surface area (Å²) >= 11 is 0. The first-order chi connectivity index (χ1) is 10.8. The largest absolute Gasteiger partial charge is 0.494 e. The molecule has 0 spiro atoms. The zero-order chi connectivity index (χ0) is 15.6. The monoisotopic (exact) mass is 297 g/mol. The lowest BCUT2D eigenvalue weighted by molar-refractivity contribution is 0.306. The number of unbranched alkanes of at least 4 members (excludes halogenated alkanes) is 2. The van der Waals surface area contributed by atoms with Crippen molar-refractivity contribution in [1.82, 2.24) is 5.32 Å². The van der Waals surface area contributed by atoms with E-state index in [1.165, 1.54) is 29.5 Å². The Morgan fingerprint density at radius 2 is 1.64 bits per heavy atom. The highest BCUT2D eigenvalue weighted by molar-refractivity contribution is 5.28. The van der Waals surface area contributed by atoms with Crippen LogP contribution in [0.5, 0.6) is 5.75 Å². The summed E-state index contributed by atoms with van der Waals surface area (Å²) in [6.45, 7) is 6.90. The molecule has 0 fully saturated rings. The molecule has 0 aliphatic rings. The van der Waals surface area contributed by atoms with Gasteiger partial charge in [0.15, 0.2) is 0 Å². The second kappa shape index (κ2) is 9.26. The molecule has 0 radical (unpaired) electrons. The van der Waals surface area contributed by atoms with Crippen molar-refractivity contribution in [1.29, 1.82) is 0 Å². The Kier molecular flexibility index (Phi) is 6.98. The minimum Gasteiger partial charge on any atom is -0.494 e. The van der Waals surface area contributed by atoms with E-state index >= 15 is 0 Å². The van der Waals surface area contributed by atoms with Crippen molar-refractivity contribution in [3.8, 4) is 5.75 Å². The molecule has 2 aromatic carbocycles. The first kappa shape index (κ1) is 16.6. The SMILES string of the molecule is CCCCCOc1cccc(CNCc2cccc(C)c2)c1. The van der Waals surface area contributed by atoms with Gasteiger partial charge >= 0.3 is 0 Å². The number of hydrogen-bond donors (Lipinski definition) is 1. The van der Waals surface area contributed by atoms with E-state index in [0.717, 1.165) is 31.9 Å². The summed E-state index contributed by atoms with van der Waals surface area (Å²) in [6.07, 6.45) is 3.59. The highest BCUT2D eigenvalue weighted by atomic mass is 16.5. The molecule has 0 aromatic heterocycles. The summed E-state index contributed by atoms with van der Waals surface area (Å²) < 4.78 is 5.80. The molecule has 2 aromatic rings. The number of hydrogen-bond acceptors (Lipinski definition) is 2. The van der Waals surface area contributed by atoms with Crippen molar-refractivity contribution in [2.45, 2.75) is 46.2 Å². The van der Waals surface area contributed by atoms with Gasteiger partial charge in [0.2, 0.25) is 0 Å². The molecule has 0 atom stereocenters. The molecule has 0 saturated carbocycles. The van der Waals surface area contributed by atoms with Crippen LogP contribution < -0.4 is 10.1 Å². The predicted molar refractivity (Wildman–Crippen MR) is 93.2 cm³/mol. The Bertz CT molecular complexity index is 565. The van der Waals surface area contributed by atoms with Gasteiger partial charge in [-0.3, -0.25) is 0 Å². The van der Waals surface area contributed by atoms with Crippen LogP contribution >= 0.6 is 0 Å². The molecule has 0 heterocycles. The summed E-state index contributed by atoms with van der Waals surface area (Å²) in [5.41, 5.74) is 3.90. The number of nitrogens with one attached hydrogen (secondary N) is 1. The van der Waals surface area contributed by atoms with Crippen molar-refractivity contribution < 1.29 is 4.74 Å². The third-order valence-electron chi connectivity index (χ3n) is 3.66. The second-order valence-corrected chi connectivity index (χ2v) is 5.80. The average molecular weight is 297 g/mol. The molecule has 0 aliphatic heterocycles. The van der Waals surface area contributed by atoms with Crippen molar-refractivity contribution in [2.24, 2.45) is 0 Å². The molecule has 1 N–H and O–H groups in total. The van der Waals surface area contributed by atoms with Crippen LogP contribution in [0.25, 0.3) is 0 Å². The Balaban J connectivity index is 1.77. The zero-order valence-corrected chi connectivity index (χ0v) is 13.8. The molecule has 118 valence electrons. The maximum Gasteiger partial charge on any atom is 0.119 e. The van der Waals surface area contributed by atoms with E-state index in [1.54, 1.807) is 0 Å². The number of rotatable bonds is 9. The number of benzene rings is 2. The van der Waals surface area contributed by atoms with Gasteiger partial charge in [-0.2, -0.15) is 0 Å². The molecule has 2 rings (SSSR count). The van der Waals surface area contributed by atoms with Crippen LogP contribution in [-0.2, 0) is 13.1 Å². The standard InChI is InChI=1S/C20H27NO/c1-3-4-5-12-22-20-11-7-10-19(14-20)16-21-15-18-9-6-8-17(2)13-18/h6-11,13-14,21H,3-5,12,15-16H2,1-2H3. The van der Waals surface area contributed by atoms with Gasteiger partial charge in [-0.25, -0.2) is 0 Å². The van der Waals surface area contributed by atoms with Crippen LogP contribution in [0, 0.1) is 6.92 Å². The van der Waals surface area contributed by atoms with Gasteiger partial charge in [0.1, 0.15) is 5.75 Å². The fraction of sp³-hybridized carbons (Fsp3) is 0.400. The quantitative estimate of drug-likeness (QED) is 0.668. The summed E-state index contributed by atoms with van der Waals surface area (Å²) in [5, 5.41) is 3.49. The molecular weight excluding hydrogens is 270 g/mol. The summed E-state index contributed by atoms with van der Waals surface area (Å²) in [6, 6.07) is 17.0. The lowest BCUT2D eigenvalue weighted by atomic mass is 10.1. The molecule has 0 saturated heterocycles. The van der Waals surface area contributed by atoms with E-state index in [2.05, 4.69) is 61.6 Å². The molecule has 2 nitrogen and oxygen atoms in total. The summed E-state index contributed by atoms with van der Waals surface area (Å²) in [7, 11) is 0. The van der Waals surface area contributed by atoms with Gasteiger partial charge in [0, 0.05) is 13.1 Å². The van der Waals surface area contributed by atoms with Gasteiger partial charge < -0.3 is 10.1 Å². The predicted octanol–water partition coefficient (Wildman–Crippen LogP) is 4.85. The fourth-order valence-corrected chi connectivity index (χ4v) is 2.46. The maximum atomic E-state index is 5.80. The zero-order valence-electron chi connectivity index (χ0n) is 13.8. The Morgan fingerprint density at radius 3 is 2.36 bits per heavy atom. The number of ether oxygens (including phenoxy) is 1. The second-order valence-electron chi connectivity index (χ2n) is 5.80. The van der Waals surface area contributed by atoms with Crippen LogP contribution in [-0.4, -0.2) is 6.61 Å². The highest BCUT2D eigenvalue weighted by Gasteiger charge is 1.98. The molecule has 0 amide bonds. The Labute approximate surface area is 134 Å². The first-order valence-electron chi connectivity index (χ1n) is 8.26. The van der Waals surface area contributed by atoms with E-state index in [1.807, 2.05) is 6.07 Å².